The molecule has 0 unspecified atom stereocenters. The number of fused-ring (bicyclic) bond motifs is 3. The lowest BCUT2D eigenvalue weighted by atomic mass is 10.1. The topological polar surface area (TPSA) is 142 Å². The fourth-order valence-corrected chi connectivity index (χ4v) is 3.35. The van der Waals surface area contributed by atoms with E-state index in [1.165, 1.54) is 0 Å². The van der Waals surface area contributed by atoms with Gasteiger partial charge >= 0.3 is 5.69 Å². The maximum Gasteiger partial charge on any atom is 0.345 e. The van der Waals surface area contributed by atoms with Gasteiger partial charge < -0.3 is 25.0 Å². The van der Waals surface area contributed by atoms with E-state index >= 15 is 0 Å². The van der Waals surface area contributed by atoms with Crippen LogP contribution < -0.4 is 11.0 Å². The van der Waals surface area contributed by atoms with Crippen molar-refractivity contribution in [2.75, 3.05) is 26.3 Å². The van der Waals surface area contributed by atoms with Crippen LogP contribution in [0.3, 0.4) is 0 Å². The molecule has 148 valence electrons. The number of carboxylic acid groups (broad SMARTS) is 1. The van der Waals surface area contributed by atoms with Crippen molar-refractivity contribution in [3.8, 4) is 0 Å². The number of hydrogen-bond donors (Lipinski definition) is 3. The Hall–Kier alpha value is -2.75. The number of carbonyl (C=O) groups is 3. The number of hydrogen-bond acceptors (Lipinski definition) is 6. The van der Waals surface area contributed by atoms with E-state index in [0.29, 0.717) is 44.8 Å². The van der Waals surface area contributed by atoms with Gasteiger partial charge in [-0.3, -0.25) is 14.4 Å². The molecule has 2 bridgehead atoms. The van der Waals surface area contributed by atoms with E-state index in [1.807, 2.05) is 6.92 Å². The minimum atomic E-state index is -0.370. The van der Waals surface area contributed by atoms with Crippen molar-refractivity contribution in [3.05, 3.63) is 27.4 Å². The third-order valence-electron chi connectivity index (χ3n) is 4.63. The number of aromatic amines is 1. The summed E-state index contributed by atoms with van der Waals surface area (Å²) < 4.78 is 5.47. The molecule has 1 aromatic heterocycles. The number of amides is 2. The summed E-state index contributed by atoms with van der Waals surface area (Å²) in [6.45, 7) is 5.00. The fraction of sp³-hybridized carbons (Fsp3) is 0.588. The van der Waals surface area contributed by atoms with Gasteiger partial charge in [0.1, 0.15) is 0 Å². The van der Waals surface area contributed by atoms with Gasteiger partial charge in [0.25, 0.3) is 6.47 Å². The lowest BCUT2D eigenvalue weighted by molar-refractivity contribution is -0.133. The van der Waals surface area contributed by atoms with Gasteiger partial charge in [-0.15, -0.1) is 0 Å². The molecule has 0 spiro atoms. The number of aromatic nitrogens is 2. The first-order valence-electron chi connectivity index (χ1n) is 8.65. The van der Waals surface area contributed by atoms with Crippen molar-refractivity contribution in [1.29, 1.82) is 0 Å². The van der Waals surface area contributed by atoms with Gasteiger partial charge in [-0.05, 0) is 25.8 Å². The molecule has 2 aliphatic rings. The molecule has 3 rings (SSSR count). The minimum absolute atomic E-state index is 0.00778. The van der Waals surface area contributed by atoms with E-state index in [4.69, 9.17) is 14.6 Å². The van der Waals surface area contributed by atoms with Crippen LogP contribution in [0.5, 0.6) is 0 Å². The van der Waals surface area contributed by atoms with Crippen LogP contribution in [0.25, 0.3) is 0 Å². The number of rotatable bonds is 3. The largest absolute Gasteiger partial charge is 0.483 e. The van der Waals surface area contributed by atoms with E-state index in [1.54, 1.807) is 11.8 Å². The molecule has 2 atom stereocenters. The van der Waals surface area contributed by atoms with Crippen LogP contribution in [0.4, 0.5) is 0 Å². The third-order valence-corrected chi connectivity index (χ3v) is 4.63. The fourth-order valence-electron chi connectivity index (χ4n) is 3.35. The zero-order valence-electron chi connectivity index (χ0n) is 15.4. The normalized spacial score (nSPS) is 21.4. The van der Waals surface area contributed by atoms with E-state index in [9.17, 15) is 14.4 Å². The summed E-state index contributed by atoms with van der Waals surface area (Å²) in [5.41, 5.74) is 1.93. The first-order chi connectivity index (χ1) is 12.8. The predicted molar refractivity (Wildman–Crippen MR) is 94.2 cm³/mol. The molecule has 10 nitrogen and oxygen atoms in total. The summed E-state index contributed by atoms with van der Waals surface area (Å²) in [6.07, 6.45) is 0.841. The molecule has 0 radical (unpaired) electrons. The SMILES string of the molecule is Cc1nc(=O)[nH]c(C)c1CCC(=O)N1C[C@H]2COC[C@@H](C1)C(=O)N2.O=CO. The molecule has 2 fully saturated rings. The van der Waals surface area contributed by atoms with Crippen LogP contribution in [0.1, 0.15) is 23.4 Å². The maximum atomic E-state index is 12.6. The first-order valence-corrected chi connectivity index (χ1v) is 8.65. The second-order valence-corrected chi connectivity index (χ2v) is 6.57. The Morgan fingerprint density at radius 2 is 2.04 bits per heavy atom. The van der Waals surface area contributed by atoms with Gasteiger partial charge in [0.05, 0.1) is 25.2 Å². The van der Waals surface area contributed by atoms with Crippen molar-refractivity contribution < 1.29 is 24.2 Å². The molecular weight excluding hydrogens is 356 g/mol. The van der Waals surface area contributed by atoms with Crippen LogP contribution >= 0.6 is 0 Å². The Balaban J connectivity index is 0.000000817. The molecule has 3 N–H and O–H groups in total. The summed E-state index contributed by atoms with van der Waals surface area (Å²) >= 11 is 0. The quantitative estimate of drug-likeness (QED) is 0.571. The lowest BCUT2D eigenvalue weighted by Crippen LogP contribution is -2.44. The van der Waals surface area contributed by atoms with Gasteiger partial charge in [-0.2, -0.15) is 4.98 Å². The lowest BCUT2D eigenvalue weighted by Gasteiger charge is -2.27. The maximum absolute atomic E-state index is 12.6. The van der Waals surface area contributed by atoms with E-state index < -0.39 is 0 Å². The van der Waals surface area contributed by atoms with E-state index in [-0.39, 0.29) is 35.9 Å². The average molecular weight is 380 g/mol. The molecule has 0 saturated carbocycles. The van der Waals surface area contributed by atoms with Crippen molar-refractivity contribution in [2.45, 2.75) is 32.7 Å². The number of aryl methyl sites for hydroxylation is 2. The number of nitrogens with zero attached hydrogens (tertiary/aromatic N) is 2. The highest BCUT2D eigenvalue weighted by Gasteiger charge is 2.34. The molecule has 3 heterocycles. The molecule has 10 heteroatoms. The molecule has 0 aromatic carbocycles. The third kappa shape index (κ3) is 5.36. The highest BCUT2D eigenvalue weighted by atomic mass is 16.5. The van der Waals surface area contributed by atoms with Crippen molar-refractivity contribution in [2.24, 2.45) is 5.92 Å². The Labute approximate surface area is 155 Å². The van der Waals surface area contributed by atoms with Crippen LogP contribution in [-0.2, 0) is 25.5 Å². The van der Waals surface area contributed by atoms with Gasteiger partial charge in [0.2, 0.25) is 11.8 Å². The summed E-state index contributed by atoms with van der Waals surface area (Å²) in [4.78, 5) is 52.6. The Bertz CT molecular complexity index is 736. The first kappa shape index (κ1) is 20.6. The van der Waals surface area contributed by atoms with Crippen molar-refractivity contribution in [3.63, 3.8) is 0 Å². The van der Waals surface area contributed by atoms with Gasteiger partial charge in [0, 0.05) is 30.9 Å². The molecule has 1 aromatic rings. The number of ether oxygens (including phenoxy) is 1. The summed E-state index contributed by atoms with van der Waals surface area (Å²) in [5.74, 6) is -0.336. The van der Waals surface area contributed by atoms with Crippen LogP contribution in [-0.4, -0.2) is 70.6 Å². The van der Waals surface area contributed by atoms with Crippen LogP contribution in [0.15, 0.2) is 4.79 Å². The van der Waals surface area contributed by atoms with Crippen LogP contribution in [0.2, 0.25) is 0 Å². The molecule has 2 aliphatic heterocycles. The van der Waals surface area contributed by atoms with Crippen molar-refractivity contribution >= 4 is 18.3 Å². The standard InChI is InChI=1S/C16H22N4O4.CH2O2/c1-9-13(10(2)18-16(23)17-9)3-4-14(21)20-5-11-7-24-8-12(6-20)19-15(11)22;2-1-3/h11-12H,3-8H2,1-2H3,(H,19,22)(H,17,18,23);1H,(H,2,3)/t11-,12+;/m1./s1. The Kier molecular flexibility index (Phi) is 7.05. The predicted octanol–water partition coefficient (Wildman–Crippen LogP) is -1.01. The molecular formula is C17H24N4O6. The van der Waals surface area contributed by atoms with Crippen LogP contribution in [0, 0.1) is 19.8 Å². The Morgan fingerprint density at radius 1 is 1.33 bits per heavy atom. The average Bonchev–Trinajstić information content (AvgIpc) is 2.82. The summed E-state index contributed by atoms with van der Waals surface area (Å²) in [7, 11) is 0. The smallest absolute Gasteiger partial charge is 0.345 e. The summed E-state index contributed by atoms with van der Waals surface area (Å²) in [6, 6.07) is -0.146. The second kappa shape index (κ2) is 9.26. The van der Waals surface area contributed by atoms with E-state index in [0.717, 1.165) is 11.3 Å². The van der Waals surface area contributed by atoms with Crippen molar-refractivity contribution in [1.82, 2.24) is 20.2 Å². The second-order valence-electron chi connectivity index (χ2n) is 6.57. The monoisotopic (exact) mass is 380 g/mol. The Morgan fingerprint density at radius 3 is 2.70 bits per heavy atom. The van der Waals surface area contributed by atoms with Gasteiger partial charge in [0.15, 0.2) is 0 Å². The zero-order valence-corrected chi connectivity index (χ0v) is 15.4. The van der Waals surface area contributed by atoms with Gasteiger partial charge in [-0.25, -0.2) is 4.79 Å². The van der Waals surface area contributed by atoms with Gasteiger partial charge in [-0.1, -0.05) is 0 Å². The molecule has 2 saturated heterocycles. The molecule has 0 aliphatic carbocycles. The van der Waals surface area contributed by atoms with E-state index in [2.05, 4.69) is 15.3 Å². The highest BCUT2D eigenvalue weighted by molar-refractivity contribution is 5.82. The molecule has 27 heavy (non-hydrogen) atoms. The summed E-state index contributed by atoms with van der Waals surface area (Å²) in [5, 5.41) is 9.81. The minimum Gasteiger partial charge on any atom is -0.483 e. The highest BCUT2D eigenvalue weighted by Crippen LogP contribution is 2.16. The number of carbonyl (C=O) groups excluding carboxylic acids is 2. The number of H-pyrrole nitrogens is 1. The number of nitrogens with one attached hydrogen (secondary N) is 2. The molecule has 2 amide bonds. The zero-order chi connectivity index (χ0) is 20.0.